The maximum absolute atomic E-state index is 14.8. The fourth-order valence-electron chi connectivity index (χ4n) is 5.89. The average Bonchev–Trinajstić information content (AvgIpc) is 3.19. The molecule has 0 saturated heterocycles. The molecule has 31 heavy (non-hydrogen) atoms. The van der Waals surface area contributed by atoms with Crippen LogP contribution in [0, 0.1) is 34.3 Å². The summed E-state index contributed by atoms with van der Waals surface area (Å²) in [5, 5.41) is 25.0. The number of hydrogen-bond donors (Lipinski definition) is 1. The van der Waals surface area contributed by atoms with Gasteiger partial charge in [-0.05, 0) is 59.8 Å². The summed E-state index contributed by atoms with van der Waals surface area (Å²) in [5.74, 6) is -1.73. The summed E-state index contributed by atoms with van der Waals surface area (Å²) >= 11 is 0. The molecule has 2 atom stereocenters. The summed E-state index contributed by atoms with van der Waals surface area (Å²) in [6.07, 6.45) is 5.51. The van der Waals surface area contributed by atoms with Gasteiger partial charge in [0.1, 0.15) is 29.9 Å². The van der Waals surface area contributed by atoms with Gasteiger partial charge in [0.15, 0.2) is 0 Å². The monoisotopic (exact) mass is 420 g/mol. The smallest absolute Gasteiger partial charge is 0.137 e. The Bertz CT molecular complexity index is 1150. The summed E-state index contributed by atoms with van der Waals surface area (Å²) in [6, 6.07) is 13.1. The van der Waals surface area contributed by atoms with Crippen molar-refractivity contribution in [2.24, 2.45) is 11.3 Å². The zero-order chi connectivity index (χ0) is 21.9. The number of benzene rings is 2. The Kier molecular flexibility index (Phi) is 4.28. The van der Waals surface area contributed by atoms with E-state index in [9.17, 15) is 13.9 Å². The van der Waals surface area contributed by atoms with Gasteiger partial charge in [0.25, 0.3) is 0 Å². The van der Waals surface area contributed by atoms with Crippen molar-refractivity contribution in [2.75, 3.05) is 0 Å². The second kappa shape index (κ2) is 6.69. The lowest BCUT2D eigenvalue weighted by Gasteiger charge is -2.75. The molecule has 3 fully saturated rings. The first-order valence-corrected chi connectivity index (χ1v) is 10.3. The Balaban J connectivity index is 1.45. The van der Waals surface area contributed by atoms with Crippen LogP contribution < -0.4 is 0 Å². The molecule has 1 aromatic heterocycles. The molecule has 6 rings (SSSR count). The number of nitrogens with zero attached hydrogens (tertiary/aromatic N) is 4. The van der Waals surface area contributed by atoms with Crippen molar-refractivity contribution in [2.45, 2.75) is 43.7 Å². The lowest BCUT2D eigenvalue weighted by Crippen LogP contribution is -2.70. The van der Waals surface area contributed by atoms with Crippen LogP contribution in [0.1, 0.15) is 42.9 Å². The Labute approximate surface area is 179 Å². The van der Waals surface area contributed by atoms with E-state index in [1.165, 1.54) is 35.0 Å². The van der Waals surface area contributed by atoms with Crippen LogP contribution in [-0.2, 0) is 17.6 Å². The van der Waals surface area contributed by atoms with Gasteiger partial charge < -0.3 is 5.11 Å². The molecule has 158 valence electrons. The molecule has 0 spiro atoms. The molecule has 3 aromatic rings. The quantitative estimate of drug-likeness (QED) is 0.652. The van der Waals surface area contributed by atoms with Crippen molar-refractivity contribution in [1.82, 2.24) is 14.8 Å². The van der Waals surface area contributed by atoms with Crippen molar-refractivity contribution in [3.05, 3.63) is 83.4 Å². The van der Waals surface area contributed by atoms with Crippen molar-refractivity contribution >= 4 is 0 Å². The molecule has 2 aromatic carbocycles. The summed E-state index contributed by atoms with van der Waals surface area (Å²) in [4.78, 5) is 3.93. The molecular weight excluding hydrogens is 398 g/mol. The van der Waals surface area contributed by atoms with E-state index in [2.05, 4.69) is 16.2 Å². The minimum absolute atomic E-state index is 0.0301. The molecule has 1 heterocycles. The normalized spacial score (nSPS) is 26.8. The van der Waals surface area contributed by atoms with E-state index in [0.717, 1.165) is 25.3 Å². The van der Waals surface area contributed by atoms with Crippen molar-refractivity contribution in [3.63, 3.8) is 0 Å². The molecule has 1 unspecified atom stereocenters. The van der Waals surface area contributed by atoms with Crippen LogP contribution in [-0.4, -0.2) is 19.9 Å². The summed E-state index contributed by atoms with van der Waals surface area (Å²) in [5.41, 5.74) is 0.264. The summed E-state index contributed by atoms with van der Waals surface area (Å²) in [7, 11) is 0. The van der Waals surface area contributed by atoms with Crippen molar-refractivity contribution < 1.29 is 13.9 Å². The van der Waals surface area contributed by atoms with Crippen LogP contribution in [0.4, 0.5) is 8.78 Å². The van der Waals surface area contributed by atoms with E-state index in [1.807, 2.05) is 31.2 Å². The third-order valence-corrected chi connectivity index (χ3v) is 7.60. The number of nitriles is 1. The molecule has 3 aliphatic rings. The van der Waals surface area contributed by atoms with E-state index in [4.69, 9.17) is 5.26 Å². The van der Waals surface area contributed by atoms with E-state index in [0.29, 0.717) is 5.56 Å². The number of hydrogen-bond acceptors (Lipinski definition) is 4. The van der Waals surface area contributed by atoms with Gasteiger partial charge in [-0.15, -0.1) is 0 Å². The van der Waals surface area contributed by atoms with Crippen LogP contribution in [0.3, 0.4) is 0 Å². The van der Waals surface area contributed by atoms with Crippen molar-refractivity contribution in [1.29, 1.82) is 5.26 Å². The van der Waals surface area contributed by atoms with E-state index in [-0.39, 0.29) is 28.9 Å². The Morgan fingerprint density at radius 1 is 1.19 bits per heavy atom. The lowest BCUT2D eigenvalue weighted by atomic mass is 9.29. The Morgan fingerprint density at radius 3 is 2.48 bits per heavy atom. The maximum atomic E-state index is 14.8. The number of halogens is 2. The van der Waals surface area contributed by atoms with Crippen LogP contribution in [0.2, 0.25) is 0 Å². The predicted octanol–water partition coefficient (Wildman–Crippen LogP) is 4.07. The van der Waals surface area contributed by atoms with Crippen molar-refractivity contribution in [3.8, 4) is 6.07 Å². The molecule has 0 amide bonds. The molecule has 3 aliphatic carbocycles. The lowest BCUT2D eigenvalue weighted by molar-refractivity contribution is -0.231. The standard InChI is InChI=1S/C24H22F2N4O/c1-16(22-10-23(11-22,12-22)18-4-2-17(9-27)3-5-18)24(31,13-30-15-28-14-29-30)20-7-6-19(25)8-21(20)26/h2-8,14-16,31H,10-13H2,1H3/t16?,22?,23?,24-/m1/s1. The largest absolute Gasteiger partial charge is 0.383 e. The molecular formula is C24H22F2N4O. The fraction of sp³-hybridized carbons (Fsp3) is 0.375. The zero-order valence-corrected chi connectivity index (χ0v) is 17.1. The van der Waals surface area contributed by atoms with Gasteiger partial charge in [-0.2, -0.15) is 10.4 Å². The maximum Gasteiger partial charge on any atom is 0.137 e. The van der Waals surface area contributed by atoms with E-state index >= 15 is 0 Å². The highest BCUT2D eigenvalue weighted by atomic mass is 19.1. The SMILES string of the molecule is CC(C12CC(c3ccc(C#N)cc3)(C1)C2)[C@](O)(Cn1cncn1)c1ccc(F)cc1F. The highest BCUT2D eigenvalue weighted by Crippen LogP contribution is 2.78. The first kappa shape index (κ1) is 19.8. The van der Waals surface area contributed by atoms with Gasteiger partial charge >= 0.3 is 0 Å². The molecule has 7 heteroatoms. The fourth-order valence-corrected chi connectivity index (χ4v) is 5.89. The van der Waals surface area contributed by atoms with Crippen LogP contribution >= 0.6 is 0 Å². The van der Waals surface area contributed by atoms with E-state index < -0.39 is 17.2 Å². The van der Waals surface area contributed by atoms with Gasteiger partial charge in [-0.25, -0.2) is 18.4 Å². The second-order valence-electron chi connectivity index (χ2n) is 9.23. The first-order valence-electron chi connectivity index (χ1n) is 10.3. The molecule has 3 saturated carbocycles. The number of aromatic nitrogens is 3. The molecule has 5 nitrogen and oxygen atoms in total. The van der Waals surface area contributed by atoms with Gasteiger partial charge in [0.2, 0.25) is 0 Å². The predicted molar refractivity (Wildman–Crippen MR) is 109 cm³/mol. The summed E-state index contributed by atoms with van der Waals surface area (Å²) in [6.45, 7) is 1.98. The minimum atomic E-state index is -1.57. The number of rotatable bonds is 6. The molecule has 0 aliphatic heterocycles. The Morgan fingerprint density at radius 2 is 1.90 bits per heavy atom. The van der Waals surface area contributed by atoms with Crippen LogP contribution in [0.5, 0.6) is 0 Å². The van der Waals surface area contributed by atoms with Crippen LogP contribution in [0.15, 0.2) is 55.1 Å². The van der Waals surface area contributed by atoms with Gasteiger partial charge in [-0.3, -0.25) is 0 Å². The summed E-state index contributed by atoms with van der Waals surface area (Å²) < 4.78 is 29.8. The highest BCUT2D eigenvalue weighted by Gasteiger charge is 2.72. The Hall–Kier alpha value is -3.11. The topological polar surface area (TPSA) is 74.7 Å². The second-order valence-corrected chi connectivity index (χ2v) is 9.23. The average molecular weight is 420 g/mol. The van der Waals surface area contributed by atoms with Gasteiger partial charge in [0, 0.05) is 11.6 Å². The zero-order valence-electron chi connectivity index (χ0n) is 17.1. The van der Waals surface area contributed by atoms with Gasteiger partial charge in [-0.1, -0.05) is 25.1 Å². The molecule has 0 radical (unpaired) electrons. The van der Waals surface area contributed by atoms with Gasteiger partial charge in [0.05, 0.1) is 18.2 Å². The third kappa shape index (κ3) is 2.89. The van der Waals surface area contributed by atoms with Crippen LogP contribution in [0.25, 0.3) is 0 Å². The number of aliphatic hydroxyl groups is 1. The van der Waals surface area contributed by atoms with E-state index in [1.54, 1.807) is 0 Å². The molecule has 1 N–H and O–H groups in total. The third-order valence-electron chi connectivity index (χ3n) is 7.60. The minimum Gasteiger partial charge on any atom is -0.383 e. The first-order chi connectivity index (χ1) is 14.8. The highest BCUT2D eigenvalue weighted by molar-refractivity contribution is 5.43. The molecule has 2 bridgehead atoms.